The molecular formula is C23H36F2Si. The summed E-state index contributed by atoms with van der Waals surface area (Å²) in [4.78, 5) is 0. The Balaban J connectivity index is 1.41. The summed E-state index contributed by atoms with van der Waals surface area (Å²) in [5, 5.41) is 0.699. The fourth-order valence-corrected chi connectivity index (χ4v) is 7.50. The molecule has 2 aliphatic rings. The van der Waals surface area contributed by atoms with Crippen molar-refractivity contribution in [2.24, 2.45) is 23.7 Å². The Bertz CT molecular complexity index is 570. The summed E-state index contributed by atoms with van der Waals surface area (Å²) < 4.78 is 27.8. The van der Waals surface area contributed by atoms with Crippen molar-refractivity contribution in [3.8, 4) is 0 Å². The molecule has 0 radical (unpaired) electrons. The molecular weight excluding hydrogens is 342 g/mol. The number of rotatable bonds is 6. The molecule has 0 N–H and O–H groups in total. The first-order chi connectivity index (χ1) is 12.6. The van der Waals surface area contributed by atoms with Gasteiger partial charge in [0.25, 0.3) is 0 Å². The van der Waals surface area contributed by atoms with Gasteiger partial charge in [0, 0.05) is 0 Å². The maximum Gasteiger partial charge on any atom is 0.161 e. The van der Waals surface area contributed by atoms with Gasteiger partial charge in [-0.15, -0.1) is 0 Å². The van der Waals surface area contributed by atoms with Crippen molar-refractivity contribution >= 4 is 14.7 Å². The van der Waals surface area contributed by atoms with Crippen molar-refractivity contribution in [1.29, 1.82) is 0 Å². The van der Waals surface area contributed by atoms with Crippen LogP contribution in [0.1, 0.15) is 76.7 Å². The second-order valence-corrected chi connectivity index (χ2v) is 10.9. The summed E-state index contributed by atoms with van der Waals surface area (Å²) in [6.07, 6.45) is 14.0. The zero-order valence-electron chi connectivity index (χ0n) is 16.7. The van der Waals surface area contributed by atoms with Crippen molar-refractivity contribution in [1.82, 2.24) is 0 Å². The van der Waals surface area contributed by atoms with E-state index in [-0.39, 0.29) is 0 Å². The second-order valence-electron chi connectivity index (χ2n) is 9.06. The normalized spacial score (nSPS) is 30.2. The van der Waals surface area contributed by atoms with Crippen LogP contribution in [0.25, 0.3) is 0 Å². The summed E-state index contributed by atoms with van der Waals surface area (Å²) in [6, 6.07) is 4.72. The zero-order chi connectivity index (χ0) is 18.5. The lowest BCUT2D eigenvalue weighted by atomic mass is 9.69. The maximum absolute atomic E-state index is 14.1. The average Bonchev–Trinajstić information content (AvgIpc) is 2.67. The van der Waals surface area contributed by atoms with Crippen LogP contribution in [0.2, 0.25) is 6.04 Å². The molecule has 2 aliphatic carbocycles. The van der Waals surface area contributed by atoms with E-state index in [0.29, 0.717) is 10.8 Å². The highest BCUT2D eigenvalue weighted by molar-refractivity contribution is 6.53. The van der Waals surface area contributed by atoms with E-state index in [2.05, 4.69) is 6.92 Å². The molecule has 0 unspecified atom stereocenters. The summed E-state index contributed by atoms with van der Waals surface area (Å²) in [6.45, 7) is 3.95. The maximum atomic E-state index is 14.1. The van der Waals surface area contributed by atoms with E-state index >= 15 is 0 Å². The van der Waals surface area contributed by atoms with Crippen molar-refractivity contribution in [3.63, 3.8) is 0 Å². The first-order valence-electron chi connectivity index (χ1n) is 11.0. The van der Waals surface area contributed by atoms with Crippen LogP contribution < -0.4 is 5.19 Å². The van der Waals surface area contributed by atoms with Gasteiger partial charge in [0.15, 0.2) is 11.6 Å². The zero-order valence-corrected chi connectivity index (χ0v) is 18.1. The van der Waals surface area contributed by atoms with Crippen LogP contribution in [0.4, 0.5) is 8.78 Å². The second kappa shape index (κ2) is 9.48. The Labute approximate surface area is 161 Å². The fourth-order valence-electron chi connectivity index (χ4n) is 5.54. The van der Waals surface area contributed by atoms with Crippen molar-refractivity contribution in [2.75, 3.05) is 0 Å². The minimum atomic E-state index is -0.691. The van der Waals surface area contributed by atoms with E-state index in [1.54, 1.807) is 13.0 Å². The van der Waals surface area contributed by atoms with E-state index in [1.165, 1.54) is 64.2 Å². The van der Waals surface area contributed by atoms with Crippen LogP contribution >= 0.6 is 0 Å². The molecule has 1 aromatic rings. The molecule has 26 heavy (non-hydrogen) atoms. The SMILES string of the molecule is CCC[C@H]1CC[C@H]([C@H]2CC[C@H](C[SiH2]c3ccc(C)c(F)c3F)CC2)CC1. The van der Waals surface area contributed by atoms with Crippen LogP contribution in [-0.4, -0.2) is 9.52 Å². The van der Waals surface area contributed by atoms with Gasteiger partial charge in [0.05, 0.1) is 9.52 Å². The number of hydrogen-bond acceptors (Lipinski definition) is 0. The average molecular weight is 379 g/mol. The molecule has 0 saturated heterocycles. The quantitative estimate of drug-likeness (QED) is 0.541. The van der Waals surface area contributed by atoms with Gasteiger partial charge in [-0.2, -0.15) is 0 Å². The van der Waals surface area contributed by atoms with Gasteiger partial charge in [-0.1, -0.05) is 63.6 Å². The van der Waals surface area contributed by atoms with Crippen LogP contribution in [-0.2, 0) is 0 Å². The smallest absolute Gasteiger partial charge is 0.161 e. The van der Waals surface area contributed by atoms with Crippen LogP contribution in [0.5, 0.6) is 0 Å². The summed E-state index contributed by atoms with van der Waals surface area (Å²) in [5.41, 5.74) is 0.425. The first kappa shape index (κ1) is 20.0. The molecule has 146 valence electrons. The van der Waals surface area contributed by atoms with Crippen LogP contribution in [0, 0.1) is 42.2 Å². The molecule has 0 aromatic heterocycles. The molecule has 0 nitrogen and oxygen atoms in total. The van der Waals surface area contributed by atoms with Gasteiger partial charge in [-0.3, -0.25) is 0 Å². The fraction of sp³-hybridized carbons (Fsp3) is 0.739. The minimum absolute atomic E-state index is 0.425. The van der Waals surface area contributed by atoms with E-state index < -0.39 is 21.2 Å². The lowest BCUT2D eigenvalue weighted by Gasteiger charge is -2.38. The molecule has 0 aliphatic heterocycles. The number of hydrogen-bond donors (Lipinski definition) is 0. The standard InChI is InChI=1S/C23H36F2Si/c1-3-4-17-6-10-19(11-7-17)20-12-8-18(9-13-20)15-26-21-14-5-16(2)22(24)23(21)25/h5,14,17-20H,3-4,6-13,15,26H2,1-2H3/t17-,18-,19-,20-. The van der Waals surface area contributed by atoms with Gasteiger partial charge in [0.2, 0.25) is 0 Å². The first-order valence-corrected chi connectivity index (χ1v) is 12.7. The highest BCUT2D eigenvalue weighted by Gasteiger charge is 2.30. The summed E-state index contributed by atoms with van der Waals surface area (Å²) in [7, 11) is -0.691. The summed E-state index contributed by atoms with van der Waals surface area (Å²) in [5.74, 6) is 2.50. The number of benzene rings is 1. The monoisotopic (exact) mass is 378 g/mol. The van der Waals surface area contributed by atoms with E-state index in [4.69, 9.17) is 0 Å². The van der Waals surface area contributed by atoms with Crippen molar-refractivity contribution in [3.05, 3.63) is 29.3 Å². The molecule has 0 spiro atoms. The van der Waals surface area contributed by atoms with Crippen molar-refractivity contribution in [2.45, 2.75) is 84.1 Å². The molecule has 2 fully saturated rings. The molecule has 0 amide bonds. The van der Waals surface area contributed by atoms with Gasteiger partial charge >= 0.3 is 0 Å². The van der Waals surface area contributed by atoms with Crippen molar-refractivity contribution < 1.29 is 8.78 Å². The molecule has 3 heteroatoms. The molecule has 0 atom stereocenters. The summed E-state index contributed by atoms with van der Waals surface area (Å²) >= 11 is 0. The Morgan fingerprint density at radius 2 is 1.42 bits per heavy atom. The third-order valence-electron chi connectivity index (χ3n) is 7.32. The topological polar surface area (TPSA) is 0 Å². The van der Waals surface area contributed by atoms with Crippen LogP contribution in [0.15, 0.2) is 12.1 Å². The highest BCUT2D eigenvalue weighted by Crippen LogP contribution is 2.42. The van der Waals surface area contributed by atoms with Gasteiger partial charge < -0.3 is 0 Å². The molecule has 0 heterocycles. The predicted octanol–water partition coefficient (Wildman–Crippen LogP) is 5.90. The molecule has 0 bridgehead atoms. The third kappa shape index (κ3) is 4.97. The van der Waals surface area contributed by atoms with E-state index in [0.717, 1.165) is 29.7 Å². The van der Waals surface area contributed by atoms with Gasteiger partial charge in [0.1, 0.15) is 0 Å². The third-order valence-corrected chi connectivity index (χ3v) is 9.51. The predicted molar refractivity (Wildman–Crippen MR) is 110 cm³/mol. The van der Waals surface area contributed by atoms with E-state index in [1.807, 2.05) is 6.07 Å². The van der Waals surface area contributed by atoms with Crippen LogP contribution in [0.3, 0.4) is 0 Å². The Hall–Kier alpha value is -0.703. The minimum Gasteiger partial charge on any atom is -0.204 e. The number of halogens is 2. The Morgan fingerprint density at radius 1 is 0.846 bits per heavy atom. The molecule has 1 aromatic carbocycles. The highest BCUT2D eigenvalue weighted by atomic mass is 28.2. The molecule has 3 rings (SSSR count). The Kier molecular flexibility index (Phi) is 7.31. The largest absolute Gasteiger partial charge is 0.204 e. The lowest BCUT2D eigenvalue weighted by Crippen LogP contribution is -2.28. The van der Waals surface area contributed by atoms with Gasteiger partial charge in [-0.25, -0.2) is 8.78 Å². The van der Waals surface area contributed by atoms with Gasteiger partial charge in [-0.05, 0) is 67.0 Å². The van der Waals surface area contributed by atoms with E-state index in [9.17, 15) is 8.78 Å². The number of aryl methyl sites for hydroxylation is 1. The Morgan fingerprint density at radius 3 is 2.00 bits per heavy atom. The molecule has 2 saturated carbocycles. The lowest BCUT2D eigenvalue weighted by molar-refractivity contribution is 0.147.